The molecular formula is C21H31N. The highest BCUT2D eigenvalue weighted by Crippen LogP contribution is 2.33. The molecule has 1 aliphatic rings. The molecule has 0 bridgehead atoms. The van der Waals surface area contributed by atoms with E-state index >= 15 is 0 Å². The molecule has 1 heteroatoms. The van der Waals surface area contributed by atoms with Gasteiger partial charge in [0.05, 0.1) is 0 Å². The third-order valence-corrected chi connectivity index (χ3v) is 4.47. The van der Waals surface area contributed by atoms with Gasteiger partial charge in [-0.25, -0.2) is 0 Å². The van der Waals surface area contributed by atoms with Crippen molar-refractivity contribution in [3.63, 3.8) is 0 Å². The number of nitrogens with one attached hydrogen (secondary N) is 1. The molecule has 0 aliphatic heterocycles. The maximum atomic E-state index is 3.55. The van der Waals surface area contributed by atoms with Gasteiger partial charge in [0.25, 0.3) is 0 Å². The Morgan fingerprint density at radius 3 is 1.91 bits per heavy atom. The Morgan fingerprint density at radius 2 is 1.45 bits per heavy atom. The lowest BCUT2D eigenvalue weighted by Gasteiger charge is -2.26. The molecule has 120 valence electrons. The molecule has 1 N–H and O–H groups in total. The Balaban J connectivity index is 1.94. The Kier molecular flexibility index (Phi) is 4.84. The molecule has 1 aliphatic carbocycles. The van der Waals surface area contributed by atoms with Crippen LogP contribution >= 0.6 is 0 Å². The van der Waals surface area contributed by atoms with Crippen molar-refractivity contribution >= 4 is 5.69 Å². The fourth-order valence-corrected chi connectivity index (χ4v) is 2.76. The molecule has 1 aromatic carbocycles. The molecular weight excluding hydrogens is 266 g/mol. The van der Waals surface area contributed by atoms with Crippen molar-refractivity contribution in [2.24, 2.45) is 5.41 Å². The summed E-state index contributed by atoms with van der Waals surface area (Å²) in [7, 11) is 0. The van der Waals surface area contributed by atoms with Crippen LogP contribution in [0.4, 0.5) is 5.69 Å². The Bertz CT molecular complexity index is 559. The van der Waals surface area contributed by atoms with Crippen molar-refractivity contribution in [2.75, 3.05) is 11.9 Å². The topological polar surface area (TPSA) is 12.0 Å². The molecule has 0 fully saturated rings. The summed E-state index contributed by atoms with van der Waals surface area (Å²) in [5, 5.41) is 3.55. The predicted octanol–water partition coefficient (Wildman–Crippen LogP) is 6.09. The van der Waals surface area contributed by atoms with Gasteiger partial charge < -0.3 is 5.32 Å². The van der Waals surface area contributed by atoms with Crippen LogP contribution in [0.3, 0.4) is 0 Å². The van der Waals surface area contributed by atoms with E-state index < -0.39 is 0 Å². The molecule has 1 nitrogen and oxygen atoms in total. The molecule has 22 heavy (non-hydrogen) atoms. The first-order chi connectivity index (χ1) is 10.2. The zero-order chi connectivity index (χ0) is 16.4. The molecule has 0 unspecified atom stereocenters. The smallest absolute Gasteiger partial charge is 0.0363 e. The zero-order valence-electron chi connectivity index (χ0n) is 15.1. The Labute approximate surface area is 136 Å². The SMILES string of the molecule is CC(C)(C)C1=CC=C(CNc2ccc(C(C)(C)C)cc2)CC1. The first-order valence-corrected chi connectivity index (χ1v) is 8.40. The molecule has 1 aromatic rings. The largest absolute Gasteiger partial charge is 0.381 e. The third-order valence-electron chi connectivity index (χ3n) is 4.47. The summed E-state index contributed by atoms with van der Waals surface area (Å²) in [4.78, 5) is 0. The standard InChI is InChI=1S/C21H31N/c1-20(2,3)17-9-7-16(8-10-17)15-22-19-13-11-18(12-14-19)21(4,5)6/h7,9,11-14,22H,8,10,15H2,1-6H3. The molecule has 0 spiro atoms. The number of rotatable bonds is 3. The van der Waals surface area contributed by atoms with Gasteiger partial charge in [0, 0.05) is 12.2 Å². The van der Waals surface area contributed by atoms with Gasteiger partial charge in [0.15, 0.2) is 0 Å². The predicted molar refractivity (Wildman–Crippen MR) is 98.5 cm³/mol. The second-order valence-electron chi connectivity index (χ2n) is 8.45. The van der Waals surface area contributed by atoms with Crippen molar-refractivity contribution in [3.05, 3.63) is 53.1 Å². The van der Waals surface area contributed by atoms with E-state index in [4.69, 9.17) is 0 Å². The Hall–Kier alpha value is -1.50. The van der Waals surface area contributed by atoms with Gasteiger partial charge in [0.1, 0.15) is 0 Å². The van der Waals surface area contributed by atoms with Crippen molar-refractivity contribution in [1.29, 1.82) is 0 Å². The van der Waals surface area contributed by atoms with Crippen molar-refractivity contribution in [2.45, 2.75) is 59.8 Å². The van der Waals surface area contributed by atoms with Crippen molar-refractivity contribution in [3.8, 4) is 0 Å². The molecule has 0 aromatic heterocycles. The molecule has 0 amide bonds. The number of allylic oxidation sites excluding steroid dienone is 3. The molecule has 0 heterocycles. The van der Waals surface area contributed by atoms with Crippen LogP contribution in [0.5, 0.6) is 0 Å². The number of anilines is 1. The van der Waals surface area contributed by atoms with Crippen LogP contribution in [0.15, 0.2) is 47.6 Å². The van der Waals surface area contributed by atoms with E-state index in [1.54, 1.807) is 5.57 Å². The lowest BCUT2D eigenvalue weighted by molar-refractivity contribution is 0.479. The summed E-state index contributed by atoms with van der Waals surface area (Å²) in [5.41, 5.74) is 6.17. The summed E-state index contributed by atoms with van der Waals surface area (Å²) >= 11 is 0. The van der Waals surface area contributed by atoms with Crippen LogP contribution in [-0.4, -0.2) is 6.54 Å². The fraction of sp³-hybridized carbons (Fsp3) is 0.524. The average Bonchev–Trinajstić information content (AvgIpc) is 2.44. The Morgan fingerprint density at radius 1 is 0.818 bits per heavy atom. The van der Waals surface area contributed by atoms with Crippen molar-refractivity contribution < 1.29 is 0 Å². The minimum Gasteiger partial charge on any atom is -0.381 e. The van der Waals surface area contributed by atoms with Gasteiger partial charge >= 0.3 is 0 Å². The lowest BCUT2D eigenvalue weighted by atomic mass is 9.80. The van der Waals surface area contributed by atoms with E-state index in [-0.39, 0.29) is 5.41 Å². The fourth-order valence-electron chi connectivity index (χ4n) is 2.76. The van der Waals surface area contributed by atoms with Gasteiger partial charge in [-0.15, -0.1) is 0 Å². The maximum Gasteiger partial charge on any atom is 0.0363 e. The van der Waals surface area contributed by atoms with Gasteiger partial charge in [0.2, 0.25) is 0 Å². The molecule has 0 atom stereocenters. The molecule has 0 radical (unpaired) electrons. The van der Waals surface area contributed by atoms with E-state index in [0.29, 0.717) is 5.41 Å². The second-order valence-corrected chi connectivity index (χ2v) is 8.45. The third kappa shape index (κ3) is 4.50. The maximum absolute atomic E-state index is 3.55. The van der Waals surface area contributed by atoms with E-state index in [2.05, 4.69) is 83.3 Å². The van der Waals surface area contributed by atoms with E-state index in [1.807, 2.05) is 0 Å². The van der Waals surface area contributed by atoms with Crippen molar-refractivity contribution in [1.82, 2.24) is 0 Å². The number of benzene rings is 1. The van der Waals surface area contributed by atoms with E-state index in [9.17, 15) is 0 Å². The summed E-state index contributed by atoms with van der Waals surface area (Å²) in [5.74, 6) is 0. The van der Waals surface area contributed by atoms with Crippen LogP contribution in [0.1, 0.15) is 59.9 Å². The number of hydrogen-bond acceptors (Lipinski definition) is 1. The van der Waals surface area contributed by atoms with Crippen LogP contribution in [0.2, 0.25) is 0 Å². The first kappa shape index (κ1) is 16.9. The number of hydrogen-bond donors (Lipinski definition) is 1. The monoisotopic (exact) mass is 297 g/mol. The van der Waals surface area contributed by atoms with Gasteiger partial charge in [-0.05, 0) is 41.4 Å². The average molecular weight is 297 g/mol. The quantitative estimate of drug-likeness (QED) is 0.712. The molecule has 0 saturated carbocycles. The highest BCUT2D eigenvalue weighted by Gasteiger charge is 2.18. The first-order valence-electron chi connectivity index (χ1n) is 8.40. The van der Waals surface area contributed by atoms with Crippen LogP contribution in [0.25, 0.3) is 0 Å². The van der Waals surface area contributed by atoms with Gasteiger partial charge in [-0.2, -0.15) is 0 Å². The zero-order valence-corrected chi connectivity index (χ0v) is 15.1. The van der Waals surface area contributed by atoms with Crippen LogP contribution < -0.4 is 5.32 Å². The van der Waals surface area contributed by atoms with E-state index in [1.165, 1.54) is 29.7 Å². The second kappa shape index (κ2) is 6.32. The normalized spacial score (nSPS) is 16.1. The van der Waals surface area contributed by atoms with Crippen LogP contribution in [-0.2, 0) is 5.41 Å². The minimum absolute atomic E-state index is 0.221. The summed E-state index contributed by atoms with van der Waals surface area (Å²) < 4.78 is 0. The molecule has 0 saturated heterocycles. The summed E-state index contributed by atoms with van der Waals surface area (Å²) in [6, 6.07) is 8.85. The van der Waals surface area contributed by atoms with Gasteiger partial charge in [-0.1, -0.05) is 77.0 Å². The van der Waals surface area contributed by atoms with E-state index in [0.717, 1.165) is 6.54 Å². The highest BCUT2D eigenvalue weighted by atomic mass is 14.9. The molecule has 2 rings (SSSR count). The summed E-state index contributed by atoms with van der Waals surface area (Å²) in [6.07, 6.45) is 7.00. The van der Waals surface area contributed by atoms with Crippen LogP contribution in [0, 0.1) is 5.41 Å². The van der Waals surface area contributed by atoms with Gasteiger partial charge in [-0.3, -0.25) is 0 Å². The summed E-state index contributed by atoms with van der Waals surface area (Å²) in [6.45, 7) is 14.6. The lowest BCUT2D eigenvalue weighted by Crippen LogP contribution is -2.14. The highest BCUT2D eigenvalue weighted by molar-refractivity contribution is 5.47. The minimum atomic E-state index is 0.221.